The molecule has 0 saturated carbocycles. The summed E-state index contributed by atoms with van der Waals surface area (Å²) in [6.45, 7) is 7.34. The van der Waals surface area contributed by atoms with Crippen LogP contribution in [0.4, 0.5) is 0 Å². The van der Waals surface area contributed by atoms with Gasteiger partial charge in [-0.2, -0.15) is 0 Å². The van der Waals surface area contributed by atoms with E-state index >= 15 is 0 Å². The number of esters is 1. The van der Waals surface area contributed by atoms with Crippen LogP contribution in [0.25, 0.3) is 0 Å². The molecule has 1 unspecified atom stereocenters. The lowest BCUT2D eigenvalue weighted by molar-refractivity contribution is -0.149. The Kier molecular flexibility index (Phi) is 3.91. The molecule has 0 saturated heterocycles. The van der Waals surface area contributed by atoms with Crippen LogP contribution < -0.4 is 0 Å². The van der Waals surface area contributed by atoms with Crippen molar-refractivity contribution in [1.82, 2.24) is 4.90 Å². The number of aliphatic hydroxyl groups is 1. The van der Waals surface area contributed by atoms with Crippen molar-refractivity contribution in [2.45, 2.75) is 38.8 Å². The Labute approximate surface area is 130 Å². The molecule has 22 heavy (non-hydrogen) atoms. The molecule has 1 aliphatic carbocycles. The largest absolute Gasteiger partial charge is 0.508 e. The van der Waals surface area contributed by atoms with E-state index in [4.69, 9.17) is 14.9 Å². The van der Waals surface area contributed by atoms with E-state index in [9.17, 15) is 9.90 Å². The summed E-state index contributed by atoms with van der Waals surface area (Å²) in [5.41, 5.74) is -0.674. The van der Waals surface area contributed by atoms with E-state index < -0.39 is 17.1 Å². The molecule has 6 heteroatoms. The number of allylic oxidation sites excluding steroid dienone is 1. The number of aliphatic hydroxyl groups excluding tert-OH is 1. The molecule has 120 valence electrons. The number of amidine groups is 1. The molecule has 1 aliphatic heterocycles. The average molecular weight is 306 g/mol. The van der Waals surface area contributed by atoms with Gasteiger partial charge in [-0.25, -0.2) is 4.79 Å². The number of carbonyl (C=O) groups excluding carboxylic acids is 1. The van der Waals surface area contributed by atoms with E-state index in [1.54, 1.807) is 37.8 Å². The molecular weight excluding hydrogens is 284 g/mol. The van der Waals surface area contributed by atoms with Crippen molar-refractivity contribution in [3.05, 3.63) is 35.1 Å². The van der Waals surface area contributed by atoms with Gasteiger partial charge in [0, 0.05) is 12.7 Å². The maximum Gasteiger partial charge on any atom is 0.342 e. The van der Waals surface area contributed by atoms with Crippen LogP contribution in [-0.2, 0) is 14.3 Å². The lowest BCUT2D eigenvalue weighted by Gasteiger charge is -2.36. The van der Waals surface area contributed by atoms with Gasteiger partial charge in [-0.3, -0.25) is 5.41 Å². The van der Waals surface area contributed by atoms with Gasteiger partial charge in [0.15, 0.2) is 0 Å². The second-order valence-corrected chi connectivity index (χ2v) is 6.54. The zero-order valence-corrected chi connectivity index (χ0v) is 13.6. The van der Waals surface area contributed by atoms with Crippen molar-refractivity contribution in [3.63, 3.8) is 0 Å². The molecule has 0 spiro atoms. The monoisotopic (exact) mass is 306 g/mol. The Hall–Kier alpha value is -2.08. The molecule has 0 radical (unpaired) electrons. The highest BCUT2D eigenvalue weighted by molar-refractivity contribution is 6.21. The Morgan fingerprint density at radius 3 is 2.64 bits per heavy atom. The van der Waals surface area contributed by atoms with Crippen molar-refractivity contribution in [1.29, 1.82) is 5.41 Å². The van der Waals surface area contributed by atoms with Gasteiger partial charge in [0.05, 0.1) is 5.54 Å². The minimum atomic E-state index is -0.717. The minimum absolute atomic E-state index is 0.0317. The fourth-order valence-electron chi connectivity index (χ4n) is 2.60. The quantitative estimate of drug-likeness (QED) is 0.782. The fraction of sp³-hybridized carbons (Fsp3) is 0.500. The lowest BCUT2D eigenvalue weighted by atomic mass is 9.87. The number of nitrogens with zero attached hydrogens (tertiary/aromatic N) is 1. The number of nitrogens with one attached hydrogen (secondary N) is 1. The number of hydrogen-bond acceptors (Lipinski definition) is 5. The van der Waals surface area contributed by atoms with Gasteiger partial charge in [0.1, 0.15) is 29.5 Å². The number of ether oxygens (including phenoxy) is 2. The van der Waals surface area contributed by atoms with Gasteiger partial charge >= 0.3 is 5.97 Å². The molecular formula is C16H22N2O4. The highest BCUT2D eigenvalue weighted by Crippen LogP contribution is 2.41. The smallest absolute Gasteiger partial charge is 0.342 e. The van der Waals surface area contributed by atoms with Crippen LogP contribution in [0.1, 0.15) is 27.7 Å². The standard InChI is InChI=1S/C16H22N2O4/c1-15(2,3)22-14(20)12-11-8-10(19)6-7-16(11,4)18(9-21-5)13(12)17/h6-8,17,19H,9H2,1-5H3. The third-order valence-electron chi connectivity index (χ3n) is 3.61. The molecule has 1 atom stereocenters. The predicted octanol–water partition coefficient (Wildman–Crippen LogP) is 2.29. The number of methoxy groups -OCH3 is 1. The molecule has 0 aromatic rings. The second-order valence-electron chi connectivity index (χ2n) is 6.54. The van der Waals surface area contributed by atoms with Gasteiger partial charge in [0.2, 0.25) is 0 Å². The van der Waals surface area contributed by atoms with Crippen molar-refractivity contribution in [2.75, 3.05) is 13.8 Å². The Bertz CT molecular complexity index is 610. The molecule has 0 aromatic heterocycles. The molecule has 0 amide bonds. The van der Waals surface area contributed by atoms with Gasteiger partial charge in [-0.1, -0.05) is 6.08 Å². The van der Waals surface area contributed by atoms with E-state index in [0.29, 0.717) is 5.57 Å². The third kappa shape index (κ3) is 2.66. The molecule has 0 fully saturated rings. The summed E-state index contributed by atoms with van der Waals surface area (Å²) < 4.78 is 10.6. The zero-order chi connectivity index (χ0) is 16.7. The molecule has 0 aromatic carbocycles. The number of carbonyl (C=O) groups is 1. The van der Waals surface area contributed by atoms with Crippen molar-refractivity contribution >= 4 is 11.8 Å². The number of fused-ring (bicyclic) bond motifs is 1. The SMILES string of the molecule is COCN1C(=N)C(C(=O)OC(C)(C)C)=C2C=C(O)C=CC21C. The Morgan fingerprint density at radius 2 is 2.09 bits per heavy atom. The molecule has 2 N–H and O–H groups in total. The summed E-state index contributed by atoms with van der Waals surface area (Å²) in [5.74, 6) is -0.499. The average Bonchev–Trinajstić information content (AvgIpc) is 2.58. The normalized spacial score (nSPS) is 24.5. The first kappa shape index (κ1) is 16.3. The van der Waals surface area contributed by atoms with Gasteiger partial charge in [-0.15, -0.1) is 0 Å². The van der Waals surface area contributed by atoms with E-state index in [2.05, 4.69) is 0 Å². The maximum absolute atomic E-state index is 12.5. The highest BCUT2D eigenvalue weighted by atomic mass is 16.6. The van der Waals surface area contributed by atoms with Crippen molar-refractivity contribution < 1.29 is 19.4 Å². The van der Waals surface area contributed by atoms with Crippen LogP contribution >= 0.6 is 0 Å². The highest BCUT2D eigenvalue weighted by Gasteiger charge is 2.48. The first-order valence-corrected chi connectivity index (χ1v) is 7.03. The second kappa shape index (κ2) is 5.28. The van der Waals surface area contributed by atoms with Gasteiger partial charge < -0.3 is 19.5 Å². The van der Waals surface area contributed by atoms with E-state index in [1.165, 1.54) is 13.2 Å². The van der Waals surface area contributed by atoms with E-state index in [-0.39, 0.29) is 23.9 Å². The van der Waals surface area contributed by atoms with Crippen LogP contribution in [0.5, 0.6) is 0 Å². The predicted molar refractivity (Wildman–Crippen MR) is 82.6 cm³/mol. The lowest BCUT2D eigenvalue weighted by Crippen LogP contribution is -2.46. The summed E-state index contributed by atoms with van der Waals surface area (Å²) in [7, 11) is 1.53. The van der Waals surface area contributed by atoms with Crippen LogP contribution in [0.3, 0.4) is 0 Å². The number of rotatable bonds is 3. The molecule has 1 heterocycles. The van der Waals surface area contributed by atoms with Crippen molar-refractivity contribution in [2.24, 2.45) is 0 Å². The van der Waals surface area contributed by atoms with Crippen molar-refractivity contribution in [3.8, 4) is 0 Å². The van der Waals surface area contributed by atoms with Gasteiger partial charge in [-0.05, 0) is 39.8 Å². The molecule has 6 nitrogen and oxygen atoms in total. The summed E-state index contributed by atoms with van der Waals surface area (Å²) in [6, 6.07) is 0. The molecule has 0 bridgehead atoms. The minimum Gasteiger partial charge on any atom is -0.508 e. The van der Waals surface area contributed by atoms with Gasteiger partial charge in [0.25, 0.3) is 0 Å². The Morgan fingerprint density at radius 1 is 1.45 bits per heavy atom. The maximum atomic E-state index is 12.5. The molecule has 2 rings (SSSR count). The number of hydrogen-bond donors (Lipinski definition) is 2. The topological polar surface area (TPSA) is 82.9 Å². The third-order valence-corrected chi connectivity index (χ3v) is 3.61. The molecule has 2 aliphatic rings. The van der Waals surface area contributed by atoms with Crippen LogP contribution in [0.2, 0.25) is 0 Å². The first-order chi connectivity index (χ1) is 10.1. The summed E-state index contributed by atoms with van der Waals surface area (Å²) >= 11 is 0. The Balaban J connectivity index is 2.52. The summed E-state index contributed by atoms with van der Waals surface area (Å²) in [6.07, 6.45) is 4.81. The summed E-state index contributed by atoms with van der Waals surface area (Å²) in [4.78, 5) is 14.2. The van der Waals surface area contributed by atoms with E-state index in [1.807, 2.05) is 6.92 Å². The van der Waals surface area contributed by atoms with Crippen LogP contribution in [-0.4, -0.2) is 46.8 Å². The first-order valence-electron chi connectivity index (χ1n) is 7.03. The van der Waals surface area contributed by atoms with E-state index in [0.717, 1.165) is 0 Å². The van der Waals surface area contributed by atoms with Crippen LogP contribution in [0, 0.1) is 5.41 Å². The summed E-state index contributed by atoms with van der Waals surface area (Å²) in [5, 5.41) is 18.1. The fourth-order valence-corrected chi connectivity index (χ4v) is 2.60. The zero-order valence-electron chi connectivity index (χ0n) is 13.6. The van der Waals surface area contributed by atoms with Crippen LogP contribution in [0.15, 0.2) is 35.1 Å².